The fourth-order valence-electron chi connectivity index (χ4n) is 3.36. The molecule has 1 aliphatic heterocycles. The van der Waals surface area contributed by atoms with Gasteiger partial charge in [-0.1, -0.05) is 18.2 Å². The first-order valence-electron chi connectivity index (χ1n) is 10.3. The Morgan fingerprint density at radius 1 is 1.10 bits per heavy atom. The van der Waals surface area contributed by atoms with E-state index in [-0.39, 0.29) is 12.4 Å². The molecule has 3 aromatic rings. The molecule has 0 spiro atoms. The van der Waals surface area contributed by atoms with E-state index in [9.17, 15) is 9.59 Å². The van der Waals surface area contributed by atoms with E-state index in [0.29, 0.717) is 24.5 Å². The van der Waals surface area contributed by atoms with Crippen molar-refractivity contribution in [2.45, 2.75) is 38.8 Å². The molecule has 0 fully saturated rings. The van der Waals surface area contributed by atoms with E-state index in [0.717, 1.165) is 24.5 Å². The number of benzene rings is 1. The van der Waals surface area contributed by atoms with Gasteiger partial charge in [-0.15, -0.1) is 0 Å². The Bertz CT molecular complexity index is 1000. The Labute approximate surface area is 179 Å². The number of aromatic nitrogens is 2. The highest BCUT2D eigenvalue weighted by atomic mass is 16.5. The lowest BCUT2D eigenvalue weighted by Gasteiger charge is -2.11. The summed E-state index contributed by atoms with van der Waals surface area (Å²) in [6.07, 6.45) is 6.04. The molecular weight excluding hydrogens is 398 g/mol. The number of furan rings is 1. The van der Waals surface area contributed by atoms with Crippen molar-refractivity contribution in [1.29, 1.82) is 0 Å². The molecule has 3 amide bonds. The number of carbonyl (C=O) groups excluding carboxylic acids is 2. The van der Waals surface area contributed by atoms with Crippen LogP contribution in [0.25, 0.3) is 0 Å². The summed E-state index contributed by atoms with van der Waals surface area (Å²) in [7, 11) is 0. The normalized spacial score (nSPS) is 12.6. The Morgan fingerprint density at radius 3 is 2.81 bits per heavy atom. The fraction of sp³-hybridized carbons (Fsp3) is 0.318. The minimum absolute atomic E-state index is 0.0792. The summed E-state index contributed by atoms with van der Waals surface area (Å²) in [5.41, 5.74) is 5.60. The predicted octanol–water partition coefficient (Wildman–Crippen LogP) is 2.58. The average Bonchev–Trinajstić information content (AvgIpc) is 3.43. The molecule has 9 heteroatoms. The summed E-state index contributed by atoms with van der Waals surface area (Å²) in [5.74, 6) is 1.85. The molecule has 0 saturated carbocycles. The summed E-state index contributed by atoms with van der Waals surface area (Å²) in [6.45, 7) is 1.62. The molecule has 3 heterocycles. The summed E-state index contributed by atoms with van der Waals surface area (Å²) >= 11 is 0. The van der Waals surface area contributed by atoms with Crippen molar-refractivity contribution in [3.63, 3.8) is 0 Å². The zero-order valence-electron chi connectivity index (χ0n) is 17.1. The van der Waals surface area contributed by atoms with Gasteiger partial charge in [0.05, 0.1) is 5.69 Å². The molecular formula is C22H25N5O4. The molecule has 31 heavy (non-hydrogen) atoms. The summed E-state index contributed by atoms with van der Waals surface area (Å²) < 4.78 is 13.2. The lowest BCUT2D eigenvalue weighted by molar-refractivity contribution is 0.0904. The van der Waals surface area contributed by atoms with Gasteiger partial charge in [0.2, 0.25) is 0 Å². The van der Waals surface area contributed by atoms with E-state index in [1.165, 1.54) is 18.9 Å². The van der Waals surface area contributed by atoms with Crippen LogP contribution < -0.4 is 20.9 Å². The maximum atomic E-state index is 12.1. The van der Waals surface area contributed by atoms with Crippen molar-refractivity contribution in [3.05, 3.63) is 71.7 Å². The second-order valence-electron chi connectivity index (χ2n) is 7.25. The molecule has 3 N–H and O–H groups in total. The van der Waals surface area contributed by atoms with Crippen LogP contribution in [-0.2, 0) is 26.0 Å². The monoisotopic (exact) mass is 423 g/mol. The zero-order chi connectivity index (χ0) is 21.5. The van der Waals surface area contributed by atoms with Crippen LogP contribution in [0, 0.1) is 0 Å². The third-order valence-corrected chi connectivity index (χ3v) is 4.92. The quantitative estimate of drug-likeness (QED) is 0.506. The summed E-state index contributed by atoms with van der Waals surface area (Å²) in [5, 5.41) is 2.70. The minimum atomic E-state index is -0.553. The van der Waals surface area contributed by atoms with Crippen molar-refractivity contribution in [2.24, 2.45) is 0 Å². The number of fused-ring (bicyclic) bond motifs is 1. The number of rotatable bonds is 7. The maximum absolute atomic E-state index is 12.1. The first-order valence-corrected chi connectivity index (χ1v) is 10.3. The molecule has 0 unspecified atom stereocenters. The standard InChI is InChI=1S/C22H25N5O4/c28-21(19-10-9-18(31-19)15-30-17-6-2-1-3-7-17)25-26-22(29)23-12-11-16-14-27-13-5-4-8-20(27)24-16/h1-3,6-7,9-10,14H,4-5,8,11-13,15H2,(H,25,28)(H2,23,26,29). The molecule has 0 saturated heterocycles. The minimum Gasteiger partial charge on any atom is -0.486 e. The number of para-hydroxylation sites is 1. The Hall–Kier alpha value is -3.75. The highest BCUT2D eigenvalue weighted by molar-refractivity contribution is 5.92. The third kappa shape index (κ3) is 5.65. The number of ether oxygens (including phenoxy) is 1. The van der Waals surface area contributed by atoms with Gasteiger partial charge >= 0.3 is 11.9 Å². The van der Waals surface area contributed by atoms with Crippen LogP contribution in [0.3, 0.4) is 0 Å². The topological polar surface area (TPSA) is 110 Å². The number of amides is 3. The number of nitrogens with one attached hydrogen (secondary N) is 3. The second kappa shape index (κ2) is 9.84. The van der Waals surface area contributed by atoms with Crippen molar-refractivity contribution in [3.8, 4) is 5.75 Å². The highest BCUT2D eigenvalue weighted by Gasteiger charge is 2.14. The van der Waals surface area contributed by atoms with Crippen LogP contribution in [0.1, 0.15) is 40.7 Å². The first kappa shape index (κ1) is 20.5. The number of nitrogens with zero attached hydrogens (tertiary/aromatic N) is 2. The number of hydrogen-bond acceptors (Lipinski definition) is 5. The van der Waals surface area contributed by atoms with Crippen LogP contribution in [0.4, 0.5) is 4.79 Å². The lowest BCUT2D eigenvalue weighted by atomic mass is 10.2. The molecule has 1 aromatic carbocycles. The molecule has 0 atom stereocenters. The number of carbonyl (C=O) groups is 2. The Morgan fingerprint density at radius 2 is 1.97 bits per heavy atom. The first-order chi connectivity index (χ1) is 15.2. The van der Waals surface area contributed by atoms with Crippen LogP contribution >= 0.6 is 0 Å². The third-order valence-electron chi connectivity index (χ3n) is 4.92. The smallest absolute Gasteiger partial charge is 0.333 e. The molecule has 9 nitrogen and oxygen atoms in total. The molecule has 0 aliphatic carbocycles. The van der Waals surface area contributed by atoms with E-state index in [1.54, 1.807) is 6.07 Å². The van der Waals surface area contributed by atoms with Crippen molar-refractivity contribution >= 4 is 11.9 Å². The van der Waals surface area contributed by atoms with Gasteiger partial charge in [0.1, 0.15) is 23.9 Å². The molecule has 162 valence electrons. The number of hydrogen-bond donors (Lipinski definition) is 3. The lowest BCUT2D eigenvalue weighted by Crippen LogP contribution is -2.47. The van der Waals surface area contributed by atoms with Gasteiger partial charge in [-0.25, -0.2) is 15.2 Å². The number of urea groups is 1. The highest BCUT2D eigenvalue weighted by Crippen LogP contribution is 2.15. The van der Waals surface area contributed by atoms with Gasteiger partial charge in [-0.2, -0.15) is 0 Å². The van der Waals surface area contributed by atoms with Gasteiger partial charge in [0.15, 0.2) is 5.76 Å². The zero-order valence-corrected chi connectivity index (χ0v) is 17.1. The molecule has 0 radical (unpaired) electrons. The number of aryl methyl sites for hydroxylation is 2. The predicted molar refractivity (Wildman–Crippen MR) is 112 cm³/mol. The fourth-order valence-corrected chi connectivity index (χ4v) is 3.36. The molecule has 0 bridgehead atoms. The largest absolute Gasteiger partial charge is 0.486 e. The number of hydrazine groups is 1. The van der Waals surface area contributed by atoms with E-state index >= 15 is 0 Å². The second-order valence-corrected chi connectivity index (χ2v) is 7.25. The van der Waals surface area contributed by atoms with Crippen molar-refractivity contribution < 1.29 is 18.7 Å². The van der Waals surface area contributed by atoms with Gasteiger partial charge < -0.3 is 19.0 Å². The van der Waals surface area contributed by atoms with Crippen LogP contribution in [0.2, 0.25) is 0 Å². The van der Waals surface area contributed by atoms with Gasteiger partial charge in [-0.05, 0) is 37.1 Å². The van der Waals surface area contributed by atoms with E-state index in [2.05, 4.69) is 25.7 Å². The van der Waals surface area contributed by atoms with Gasteiger partial charge in [0.25, 0.3) is 0 Å². The van der Waals surface area contributed by atoms with E-state index in [1.807, 2.05) is 36.5 Å². The van der Waals surface area contributed by atoms with Crippen LogP contribution in [0.5, 0.6) is 5.75 Å². The van der Waals surface area contributed by atoms with E-state index < -0.39 is 11.9 Å². The van der Waals surface area contributed by atoms with Crippen molar-refractivity contribution in [1.82, 2.24) is 25.7 Å². The van der Waals surface area contributed by atoms with E-state index in [4.69, 9.17) is 9.15 Å². The molecule has 1 aliphatic rings. The SMILES string of the molecule is O=C(NCCc1cn2c(n1)CCCC2)NNC(=O)c1ccc(COc2ccccc2)o1. The molecule has 2 aromatic heterocycles. The van der Waals surface area contributed by atoms with Crippen LogP contribution in [-0.4, -0.2) is 28.0 Å². The Kier molecular flexibility index (Phi) is 6.51. The molecule has 4 rings (SSSR count). The maximum Gasteiger partial charge on any atom is 0.333 e. The average molecular weight is 423 g/mol. The summed E-state index contributed by atoms with van der Waals surface area (Å²) in [6, 6.07) is 12.0. The van der Waals surface area contributed by atoms with Crippen molar-refractivity contribution in [2.75, 3.05) is 6.54 Å². The van der Waals surface area contributed by atoms with Gasteiger partial charge in [0, 0.05) is 32.1 Å². The Balaban J connectivity index is 1.16. The van der Waals surface area contributed by atoms with Gasteiger partial charge in [-0.3, -0.25) is 10.2 Å². The summed E-state index contributed by atoms with van der Waals surface area (Å²) in [4.78, 5) is 28.7. The number of imidazole rings is 1. The van der Waals surface area contributed by atoms with Crippen LogP contribution in [0.15, 0.2) is 53.1 Å².